The van der Waals surface area contributed by atoms with Gasteiger partial charge < -0.3 is 26.6 Å². The Morgan fingerprint density at radius 2 is 1.50 bits per heavy atom. The molecule has 0 aromatic heterocycles. The molecule has 52 heavy (non-hydrogen) atoms. The number of amides is 2. The summed E-state index contributed by atoms with van der Waals surface area (Å²) in [5.41, 5.74) is 6.91. The average molecular weight is 732 g/mol. The van der Waals surface area contributed by atoms with Crippen LogP contribution in [0.5, 0.6) is 5.75 Å². The Morgan fingerprint density at radius 1 is 0.904 bits per heavy atom. The minimum absolute atomic E-state index is 0.0149. The molecule has 14 heteroatoms. The number of aliphatic hydroxyl groups is 1. The molecule has 0 saturated heterocycles. The molecule has 0 aliphatic rings. The first-order valence-electron chi connectivity index (χ1n) is 17.0. The van der Waals surface area contributed by atoms with E-state index in [0.717, 1.165) is 23.3 Å². The Hall–Kier alpha value is -5.31. The highest BCUT2D eigenvalue weighted by Gasteiger charge is 2.34. The van der Waals surface area contributed by atoms with Crippen LogP contribution >= 0.6 is 0 Å². The Bertz CT molecular complexity index is 1870. The number of unbranched alkanes of at least 4 members (excludes halogenated alkanes) is 1. The molecule has 4 rings (SSSR count). The number of sulfonamides is 1. The fourth-order valence-electron chi connectivity index (χ4n) is 5.97. The van der Waals surface area contributed by atoms with Crippen LogP contribution < -0.4 is 16.4 Å². The molecule has 276 valence electrons. The van der Waals surface area contributed by atoms with E-state index in [2.05, 4.69) is 10.6 Å². The van der Waals surface area contributed by atoms with Gasteiger partial charge in [0.1, 0.15) is 6.04 Å². The Kier molecular flexibility index (Phi) is 13.9. The van der Waals surface area contributed by atoms with Gasteiger partial charge in [0.15, 0.2) is 5.75 Å². The number of phenols is 1. The Labute approximate surface area is 303 Å². The van der Waals surface area contributed by atoms with Gasteiger partial charge in [-0.15, -0.1) is 0 Å². The van der Waals surface area contributed by atoms with Crippen LogP contribution in [-0.4, -0.2) is 71.5 Å². The van der Waals surface area contributed by atoms with E-state index >= 15 is 0 Å². The summed E-state index contributed by atoms with van der Waals surface area (Å²) in [6.07, 6.45) is 1.22. The number of hydrogen-bond donors (Lipinski definition) is 5. The molecular weight excluding hydrogens is 687 g/mol. The maximum absolute atomic E-state index is 14.0. The average Bonchev–Trinajstić information content (AvgIpc) is 3.13. The molecule has 13 nitrogen and oxygen atoms in total. The van der Waals surface area contributed by atoms with Gasteiger partial charge in [-0.3, -0.25) is 19.7 Å². The number of nitro groups is 1. The summed E-state index contributed by atoms with van der Waals surface area (Å²) < 4.78 is 28.6. The van der Waals surface area contributed by atoms with Gasteiger partial charge in [-0.2, -0.15) is 4.31 Å². The number of aliphatic hydroxyl groups excluding tert-OH is 1. The van der Waals surface area contributed by atoms with E-state index in [9.17, 15) is 38.3 Å². The number of nitro benzene ring substituents is 1. The van der Waals surface area contributed by atoms with Crippen molar-refractivity contribution < 1.29 is 33.1 Å². The van der Waals surface area contributed by atoms with Crippen molar-refractivity contribution in [2.24, 2.45) is 5.92 Å². The van der Waals surface area contributed by atoms with Crippen molar-refractivity contribution in [1.82, 2.24) is 14.9 Å². The second-order valence-corrected chi connectivity index (χ2v) is 14.8. The summed E-state index contributed by atoms with van der Waals surface area (Å²) in [7, 11) is -3.94. The molecule has 0 aliphatic carbocycles. The summed E-state index contributed by atoms with van der Waals surface area (Å²) >= 11 is 0. The molecule has 0 radical (unpaired) electrons. The fourth-order valence-corrected chi connectivity index (χ4v) is 7.77. The smallest absolute Gasteiger partial charge is 0.311 e. The van der Waals surface area contributed by atoms with E-state index in [1.807, 2.05) is 74.5 Å². The van der Waals surface area contributed by atoms with Crippen molar-refractivity contribution in [2.45, 2.75) is 56.0 Å². The molecule has 2 amide bonds. The van der Waals surface area contributed by atoms with Crippen molar-refractivity contribution in [3.05, 3.63) is 130 Å². The number of nitrogens with two attached hydrogens (primary N) is 1. The molecule has 0 aliphatic heterocycles. The monoisotopic (exact) mass is 731 g/mol. The lowest BCUT2D eigenvalue weighted by Crippen LogP contribution is -2.50. The zero-order chi connectivity index (χ0) is 37.8. The van der Waals surface area contributed by atoms with Crippen molar-refractivity contribution in [2.75, 3.05) is 25.4 Å². The predicted octanol–water partition coefficient (Wildman–Crippen LogP) is 4.81. The number of nitrogen functional groups attached to an aromatic ring is 1. The van der Waals surface area contributed by atoms with Crippen molar-refractivity contribution in [3.8, 4) is 5.75 Å². The number of anilines is 1. The van der Waals surface area contributed by atoms with E-state index < -0.39 is 62.8 Å². The molecule has 0 spiro atoms. The quantitative estimate of drug-likeness (QED) is 0.0412. The number of nitrogens with zero attached hydrogens (tertiary/aromatic N) is 2. The van der Waals surface area contributed by atoms with Gasteiger partial charge >= 0.3 is 5.69 Å². The molecule has 2 unspecified atom stereocenters. The number of hydrogen-bond acceptors (Lipinski definition) is 9. The molecule has 2 atom stereocenters. The number of nitrogens with one attached hydrogen (secondary N) is 2. The molecule has 0 heterocycles. The third kappa shape index (κ3) is 10.1. The number of phenolic OH excluding ortho intramolecular Hbond substituents is 1. The van der Waals surface area contributed by atoms with Gasteiger partial charge in [-0.05, 0) is 66.3 Å². The number of carbonyl (C=O) groups is 2. The first kappa shape index (κ1) is 39.5. The van der Waals surface area contributed by atoms with Crippen LogP contribution in [0.2, 0.25) is 0 Å². The lowest BCUT2D eigenvalue weighted by atomic mass is 9.84. The van der Waals surface area contributed by atoms with Crippen LogP contribution in [0, 0.1) is 16.0 Å². The standard InChI is InChI=1S/C38H45N5O8S/c1-26(2)24-42(52(50,51)32-19-17-30(39)18-20-32)31(25-44)15-9-10-22-40-38(47)36(41-37(46)29-16-21-34(45)33(23-29)43(48)49)35(27-11-5-3-6-12-27)28-13-7-4-8-14-28/h3-8,11-14,16-21,23,26,31,35-36,44-45H,9-10,15,22,24-25,39H2,1-2H3,(H,40,47)(H,41,46). The highest BCUT2D eigenvalue weighted by Crippen LogP contribution is 2.30. The molecule has 0 bridgehead atoms. The first-order valence-corrected chi connectivity index (χ1v) is 18.4. The Balaban J connectivity index is 1.53. The van der Waals surface area contributed by atoms with E-state index in [1.54, 1.807) is 0 Å². The van der Waals surface area contributed by atoms with Crippen molar-refractivity contribution >= 4 is 33.2 Å². The summed E-state index contributed by atoms with van der Waals surface area (Å²) in [4.78, 5) is 38.3. The summed E-state index contributed by atoms with van der Waals surface area (Å²) in [6, 6.07) is 25.6. The lowest BCUT2D eigenvalue weighted by Gasteiger charge is -2.31. The minimum atomic E-state index is -3.94. The van der Waals surface area contributed by atoms with Crippen LogP contribution in [-0.2, 0) is 14.8 Å². The van der Waals surface area contributed by atoms with Crippen LogP contribution in [0.3, 0.4) is 0 Å². The second kappa shape index (κ2) is 18.3. The SMILES string of the molecule is CC(C)CN(C(CO)CCCCNC(=O)C(NC(=O)c1ccc(O)c([N+](=O)[O-])c1)C(c1ccccc1)c1ccccc1)S(=O)(=O)c1ccc(N)cc1. The Morgan fingerprint density at radius 3 is 2.04 bits per heavy atom. The maximum Gasteiger partial charge on any atom is 0.311 e. The number of carbonyl (C=O) groups excluding carboxylic acids is 2. The van der Waals surface area contributed by atoms with Gasteiger partial charge in [0.2, 0.25) is 15.9 Å². The number of benzene rings is 4. The van der Waals surface area contributed by atoms with Crippen LogP contribution in [0.4, 0.5) is 11.4 Å². The van der Waals surface area contributed by atoms with Gasteiger partial charge in [0, 0.05) is 42.4 Å². The topological polar surface area (TPSA) is 205 Å². The summed E-state index contributed by atoms with van der Waals surface area (Å²) in [5.74, 6) is -2.52. The van der Waals surface area contributed by atoms with Crippen molar-refractivity contribution in [1.29, 1.82) is 0 Å². The molecular formula is C38H45N5O8S. The normalized spacial score (nSPS) is 12.8. The zero-order valence-electron chi connectivity index (χ0n) is 29.1. The molecule has 4 aromatic carbocycles. The molecule has 6 N–H and O–H groups in total. The van der Waals surface area contributed by atoms with E-state index in [1.165, 1.54) is 34.6 Å². The van der Waals surface area contributed by atoms with E-state index in [0.29, 0.717) is 24.9 Å². The fraction of sp³-hybridized carbons (Fsp3) is 0.316. The van der Waals surface area contributed by atoms with Crippen LogP contribution in [0.25, 0.3) is 0 Å². The van der Waals surface area contributed by atoms with Gasteiger partial charge in [0.05, 0.1) is 16.4 Å². The third-order valence-electron chi connectivity index (χ3n) is 8.57. The van der Waals surface area contributed by atoms with Crippen LogP contribution in [0.15, 0.2) is 108 Å². The first-order chi connectivity index (χ1) is 24.8. The largest absolute Gasteiger partial charge is 0.502 e. The number of rotatable bonds is 18. The second-order valence-electron chi connectivity index (χ2n) is 12.9. The number of aromatic hydroxyl groups is 1. The highest BCUT2D eigenvalue weighted by molar-refractivity contribution is 7.89. The highest BCUT2D eigenvalue weighted by atomic mass is 32.2. The van der Waals surface area contributed by atoms with Crippen molar-refractivity contribution in [3.63, 3.8) is 0 Å². The van der Waals surface area contributed by atoms with Crippen LogP contribution in [0.1, 0.15) is 60.5 Å². The van der Waals surface area contributed by atoms with Gasteiger partial charge in [-0.1, -0.05) is 80.9 Å². The third-order valence-corrected chi connectivity index (χ3v) is 10.5. The molecule has 0 saturated carbocycles. The zero-order valence-corrected chi connectivity index (χ0v) is 29.9. The van der Waals surface area contributed by atoms with E-state index in [-0.39, 0.29) is 29.5 Å². The van der Waals surface area contributed by atoms with Gasteiger partial charge in [0.25, 0.3) is 5.91 Å². The molecule has 4 aromatic rings. The predicted molar refractivity (Wildman–Crippen MR) is 198 cm³/mol. The molecule has 0 fully saturated rings. The minimum Gasteiger partial charge on any atom is -0.502 e. The maximum atomic E-state index is 14.0. The lowest BCUT2D eigenvalue weighted by molar-refractivity contribution is -0.385. The summed E-state index contributed by atoms with van der Waals surface area (Å²) in [6.45, 7) is 3.77. The summed E-state index contributed by atoms with van der Waals surface area (Å²) in [5, 5.41) is 37.4. The van der Waals surface area contributed by atoms with E-state index in [4.69, 9.17) is 5.73 Å². The van der Waals surface area contributed by atoms with Gasteiger partial charge in [-0.25, -0.2) is 8.42 Å².